The number of hydrogen-bond donors (Lipinski definition) is 1. The van der Waals surface area contributed by atoms with E-state index in [1.54, 1.807) is 36.6 Å². The first-order valence-corrected chi connectivity index (χ1v) is 8.17. The molecule has 10 heteroatoms. The highest BCUT2D eigenvalue weighted by atomic mass is 35.5. The number of aryl methyl sites for hydroxylation is 2. The highest BCUT2D eigenvalue weighted by molar-refractivity contribution is 7.89. The van der Waals surface area contributed by atoms with Crippen LogP contribution < -0.4 is 4.72 Å². The van der Waals surface area contributed by atoms with E-state index in [1.807, 2.05) is 0 Å². The smallest absolute Gasteiger partial charge is 0.246 e. The summed E-state index contributed by atoms with van der Waals surface area (Å²) in [6.45, 7) is 3.08. The van der Waals surface area contributed by atoms with Crippen LogP contribution in [0, 0.1) is 13.8 Å². The van der Waals surface area contributed by atoms with E-state index in [2.05, 4.69) is 20.1 Å². The summed E-state index contributed by atoms with van der Waals surface area (Å²) >= 11 is 6.00. The lowest BCUT2D eigenvalue weighted by molar-refractivity contribution is 0.390. The largest absolute Gasteiger partial charge is 0.360 e. The Morgan fingerprint density at radius 1 is 1.36 bits per heavy atom. The minimum Gasteiger partial charge on any atom is -0.360 e. The van der Waals surface area contributed by atoms with Gasteiger partial charge in [0.15, 0.2) is 17.2 Å². The van der Waals surface area contributed by atoms with E-state index < -0.39 is 10.0 Å². The number of sulfonamides is 1. The van der Waals surface area contributed by atoms with Crippen molar-refractivity contribution in [1.82, 2.24) is 24.5 Å². The molecule has 3 rings (SSSR count). The molecule has 0 radical (unpaired) electrons. The summed E-state index contributed by atoms with van der Waals surface area (Å²) in [6.07, 6.45) is 1.71. The molecule has 0 saturated carbocycles. The zero-order valence-corrected chi connectivity index (χ0v) is 13.3. The van der Waals surface area contributed by atoms with Crippen LogP contribution >= 0.6 is 11.6 Å². The number of hydrogen-bond acceptors (Lipinski definition) is 6. The third-order valence-electron chi connectivity index (χ3n) is 3.11. The Labute approximate surface area is 131 Å². The van der Waals surface area contributed by atoms with Crippen molar-refractivity contribution >= 4 is 27.3 Å². The molecule has 3 heterocycles. The second kappa shape index (κ2) is 5.34. The molecule has 0 aromatic carbocycles. The predicted octanol–water partition coefficient (Wildman–Crippen LogP) is 1.47. The minimum atomic E-state index is -3.75. The second-order valence-electron chi connectivity index (χ2n) is 4.64. The molecule has 0 atom stereocenters. The predicted molar refractivity (Wildman–Crippen MR) is 78.0 cm³/mol. The van der Waals surface area contributed by atoms with Crippen LogP contribution in [0.5, 0.6) is 0 Å². The van der Waals surface area contributed by atoms with E-state index in [9.17, 15) is 8.42 Å². The fraction of sp³-hybridized carbons (Fsp3) is 0.250. The Balaban J connectivity index is 1.90. The SMILES string of the molecule is Cc1noc(C)c1S(=O)(=O)NCc1nnc2c(Cl)cccn12. The van der Waals surface area contributed by atoms with Crippen LogP contribution in [0.15, 0.2) is 27.7 Å². The van der Waals surface area contributed by atoms with Gasteiger partial charge < -0.3 is 4.52 Å². The average molecular weight is 342 g/mol. The molecule has 0 bridgehead atoms. The average Bonchev–Trinajstić information content (AvgIpc) is 3.02. The first kappa shape index (κ1) is 14.9. The van der Waals surface area contributed by atoms with Crippen molar-refractivity contribution in [2.24, 2.45) is 0 Å². The first-order chi connectivity index (χ1) is 10.4. The Kier molecular flexibility index (Phi) is 3.63. The maximum absolute atomic E-state index is 12.3. The van der Waals surface area contributed by atoms with Gasteiger partial charge in [0, 0.05) is 6.20 Å². The first-order valence-electron chi connectivity index (χ1n) is 6.31. The molecule has 116 valence electrons. The van der Waals surface area contributed by atoms with Crippen LogP contribution in [-0.2, 0) is 16.6 Å². The molecule has 0 aliphatic heterocycles. The van der Waals surface area contributed by atoms with Crippen molar-refractivity contribution in [3.63, 3.8) is 0 Å². The lowest BCUT2D eigenvalue weighted by Crippen LogP contribution is -2.25. The summed E-state index contributed by atoms with van der Waals surface area (Å²) in [5, 5.41) is 12.0. The van der Waals surface area contributed by atoms with Crippen molar-refractivity contribution in [3.8, 4) is 0 Å². The summed E-state index contributed by atoms with van der Waals surface area (Å²) in [4.78, 5) is 0.0411. The van der Waals surface area contributed by atoms with Crippen LogP contribution in [0.2, 0.25) is 5.02 Å². The molecular formula is C12H12ClN5O3S. The maximum Gasteiger partial charge on any atom is 0.246 e. The third kappa shape index (κ3) is 2.47. The lowest BCUT2D eigenvalue weighted by atomic mass is 10.4. The lowest BCUT2D eigenvalue weighted by Gasteiger charge is -2.05. The fourth-order valence-corrected chi connectivity index (χ4v) is 3.65. The molecule has 0 fully saturated rings. The number of nitrogens with zero attached hydrogens (tertiary/aromatic N) is 4. The molecule has 8 nitrogen and oxygen atoms in total. The van der Waals surface area contributed by atoms with Crippen molar-refractivity contribution in [2.75, 3.05) is 0 Å². The monoisotopic (exact) mass is 341 g/mol. The van der Waals surface area contributed by atoms with Crippen molar-refractivity contribution in [2.45, 2.75) is 25.3 Å². The van der Waals surface area contributed by atoms with Gasteiger partial charge >= 0.3 is 0 Å². The molecule has 0 amide bonds. The number of halogens is 1. The van der Waals surface area contributed by atoms with Crippen LogP contribution in [0.4, 0.5) is 0 Å². The molecule has 22 heavy (non-hydrogen) atoms. The third-order valence-corrected chi connectivity index (χ3v) is 5.05. The molecule has 0 saturated heterocycles. The van der Waals surface area contributed by atoms with Gasteiger partial charge in [-0.2, -0.15) is 0 Å². The standard InChI is InChI=1S/C12H12ClN5O3S/c1-7-11(8(2)21-17-7)22(19,20)14-6-10-15-16-12-9(13)4-3-5-18(10)12/h3-5,14H,6H2,1-2H3. The van der Waals surface area contributed by atoms with Gasteiger partial charge in [-0.05, 0) is 26.0 Å². The zero-order valence-electron chi connectivity index (χ0n) is 11.7. The molecule has 0 spiro atoms. The van der Waals surface area contributed by atoms with Gasteiger partial charge in [-0.1, -0.05) is 16.8 Å². The van der Waals surface area contributed by atoms with Gasteiger partial charge in [-0.15, -0.1) is 10.2 Å². The zero-order chi connectivity index (χ0) is 15.9. The molecule has 3 aromatic rings. The summed E-state index contributed by atoms with van der Waals surface area (Å²) in [6, 6.07) is 3.41. The van der Waals surface area contributed by atoms with E-state index in [1.165, 1.54) is 0 Å². The van der Waals surface area contributed by atoms with Gasteiger partial charge in [0.2, 0.25) is 10.0 Å². The topological polar surface area (TPSA) is 102 Å². The van der Waals surface area contributed by atoms with Gasteiger partial charge in [-0.3, -0.25) is 4.40 Å². The molecule has 0 aliphatic carbocycles. The van der Waals surface area contributed by atoms with Gasteiger partial charge in [0.05, 0.1) is 11.6 Å². The number of aromatic nitrogens is 4. The van der Waals surface area contributed by atoms with Gasteiger partial charge in [0.25, 0.3) is 0 Å². The molecule has 0 aliphatic rings. The highest BCUT2D eigenvalue weighted by Gasteiger charge is 2.24. The number of rotatable bonds is 4. The molecule has 0 unspecified atom stereocenters. The Hall–Kier alpha value is -1.97. The van der Waals surface area contributed by atoms with Crippen molar-refractivity contribution in [3.05, 3.63) is 40.6 Å². The summed E-state index contributed by atoms with van der Waals surface area (Å²) in [5.74, 6) is 0.659. The van der Waals surface area contributed by atoms with E-state index >= 15 is 0 Å². The molecule has 3 aromatic heterocycles. The fourth-order valence-electron chi connectivity index (χ4n) is 2.14. The summed E-state index contributed by atoms with van der Waals surface area (Å²) in [5.41, 5.74) is 0.773. The van der Waals surface area contributed by atoms with Gasteiger partial charge in [0.1, 0.15) is 10.6 Å². The Morgan fingerprint density at radius 2 is 2.14 bits per heavy atom. The van der Waals surface area contributed by atoms with Crippen LogP contribution in [0.1, 0.15) is 17.3 Å². The Bertz CT molecular complexity index is 927. The molecular weight excluding hydrogens is 330 g/mol. The molecule has 1 N–H and O–H groups in total. The quantitative estimate of drug-likeness (QED) is 0.770. The van der Waals surface area contributed by atoms with Crippen molar-refractivity contribution in [1.29, 1.82) is 0 Å². The van der Waals surface area contributed by atoms with E-state index in [-0.39, 0.29) is 17.2 Å². The number of fused-ring (bicyclic) bond motifs is 1. The summed E-state index contributed by atoms with van der Waals surface area (Å²) in [7, 11) is -3.75. The normalized spacial score (nSPS) is 12.1. The number of pyridine rings is 1. The van der Waals surface area contributed by atoms with Crippen LogP contribution in [0.3, 0.4) is 0 Å². The highest BCUT2D eigenvalue weighted by Crippen LogP contribution is 2.19. The second-order valence-corrected chi connectivity index (χ2v) is 6.75. The van der Waals surface area contributed by atoms with E-state index in [0.29, 0.717) is 22.2 Å². The minimum absolute atomic E-state index is 0.0338. The van der Waals surface area contributed by atoms with Crippen LogP contribution in [0.25, 0.3) is 5.65 Å². The number of nitrogens with one attached hydrogen (secondary N) is 1. The Morgan fingerprint density at radius 3 is 2.82 bits per heavy atom. The van der Waals surface area contributed by atoms with Crippen molar-refractivity contribution < 1.29 is 12.9 Å². The maximum atomic E-state index is 12.3. The van der Waals surface area contributed by atoms with Crippen LogP contribution in [-0.4, -0.2) is 28.2 Å². The summed E-state index contributed by atoms with van der Waals surface area (Å²) < 4.78 is 33.6. The van der Waals surface area contributed by atoms with E-state index in [0.717, 1.165) is 0 Å². The van der Waals surface area contributed by atoms with E-state index in [4.69, 9.17) is 16.1 Å². The van der Waals surface area contributed by atoms with Gasteiger partial charge in [-0.25, -0.2) is 13.1 Å².